The van der Waals surface area contributed by atoms with Crippen molar-refractivity contribution in [2.75, 3.05) is 13.7 Å². The van der Waals surface area contributed by atoms with Gasteiger partial charge in [0, 0.05) is 48.2 Å². The van der Waals surface area contributed by atoms with E-state index in [1.54, 1.807) is 7.11 Å². The highest BCUT2D eigenvalue weighted by atomic mass is 79.9. The third-order valence-electron chi connectivity index (χ3n) is 4.97. The number of carbonyl (C=O) groups is 1. The lowest BCUT2D eigenvalue weighted by atomic mass is 10.0. The van der Waals surface area contributed by atoms with Crippen molar-refractivity contribution in [2.45, 2.75) is 32.7 Å². The van der Waals surface area contributed by atoms with E-state index in [4.69, 9.17) is 4.74 Å². The van der Waals surface area contributed by atoms with Crippen molar-refractivity contribution in [1.29, 1.82) is 0 Å². The molecule has 0 spiro atoms. The molecule has 0 aliphatic carbocycles. The van der Waals surface area contributed by atoms with E-state index in [1.807, 2.05) is 46.8 Å². The first-order valence-corrected chi connectivity index (χ1v) is 9.78. The van der Waals surface area contributed by atoms with Crippen LogP contribution in [0.4, 0.5) is 0 Å². The van der Waals surface area contributed by atoms with Crippen molar-refractivity contribution in [3.8, 4) is 5.75 Å². The van der Waals surface area contributed by atoms with E-state index in [0.29, 0.717) is 25.9 Å². The van der Waals surface area contributed by atoms with E-state index >= 15 is 0 Å². The van der Waals surface area contributed by atoms with Crippen LogP contribution in [0.5, 0.6) is 5.75 Å². The van der Waals surface area contributed by atoms with Gasteiger partial charge in [0.25, 0.3) is 0 Å². The monoisotopic (exact) mass is 428 g/mol. The highest BCUT2D eigenvalue weighted by molar-refractivity contribution is 9.10. The average molecular weight is 429 g/mol. The molecule has 0 saturated carbocycles. The molecule has 0 unspecified atom stereocenters. The molecule has 1 aliphatic heterocycles. The van der Waals surface area contributed by atoms with Crippen LogP contribution in [-0.2, 0) is 24.2 Å². The first-order valence-electron chi connectivity index (χ1n) is 8.98. The number of fused-ring (bicyclic) bond motifs is 3. The number of rotatable bonds is 4. The zero-order chi connectivity index (χ0) is 19.0. The number of aromatic nitrogens is 3. The van der Waals surface area contributed by atoms with Gasteiger partial charge in [0.2, 0.25) is 5.91 Å². The number of carbonyl (C=O) groups excluding carboxylic acids is 1. The molecule has 0 radical (unpaired) electrons. The summed E-state index contributed by atoms with van der Waals surface area (Å²) in [5.41, 5.74) is 5.09. The molecule has 2 aromatic heterocycles. The molecule has 0 fully saturated rings. The summed E-state index contributed by atoms with van der Waals surface area (Å²) in [4.78, 5) is 19.2. The summed E-state index contributed by atoms with van der Waals surface area (Å²) >= 11 is 3.48. The fourth-order valence-electron chi connectivity index (χ4n) is 3.61. The highest BCUT2D eigenvalue weighted by Crippen LogP contribution is 2.25. The third kappa shape index (κ3) is 3.56. The van der Waals surface area contributed by atoms with Crippen LogP contribution in [0.3, 0.4) is 0 Å². The lowest BCUT2D eigenvalue weighted by Crippen LogP contribution is -2.37. The Morgan fingerprint density at radius 1 is 1.33 bits per heavy atom. The molecule has 0 N–H and O–H groups in total. The van der Waals surface area contributed by atoms with Crippen molar-refractivity contribution in [3.63, 3.8) is 0 Å². The third-order valence-corrected chi connectivity index (χ3v) is 5.47. The van der Waals surface area contributed by atoms with E-state index in [0.717, 1.165) is 44.8 Å². The molecule has 140 valence electrons. The minimum absolute atomic E-state index is 0.152. The van der Waals surface area contributed by atoms with Gasteiger partial charge in [-0.15, -0.1) is 0 Å². The van der Waals surface area contributed by atoms with Crippen LogP contribution >= 0.6 is 15.9 Å². The molecule has 1 aliphatic rings. The standard InChI is InChI=1S/C20H21BrN4O2/c1-13-9-19-22-11-15-12-24(8-7-17(15)25(19)23-13)20(26)6-3-14-10-16(21)4-5-18(14)27-2/h4-5,9-11H,3,6-8,12H2,1-2H3. The second-order valence-electron chi connectivity index (χ2n) is 6.81. The van der Waals surface area contributed by atoms with Crippen molar-refractivity contribution in [1.82, 2.24) is 19.5 Å². The Bertz CT molecular complexity index is 1010. The Hall–Kier alpha value is -2.41. The van der Waals surface area contributed by atoms with Crippen LogP contribution in [0.15, 0.2) is 34.9 Å². The summed E-state index contributed by atoms with van der Waals surface area (Å²) in [7, 11) is 1.65. The van der Waals surface area contributed by atoms with Crippen LogP contribution in [0.1, 0.15) is 28.9 Å². The van der Waals surface area contributed by atoms with Gasteiger partial charge in [0.05, 0.1) is 18.5 Å². The van der Waals surface area contributed by atoms with Gasteiger partial charge >= 0.3 is 0 Å². The molecular formula is C20H21BrN4O2. The Labute approximate surface area is 166 Å². The second kappa shape index (κ2) is 7.31. The lowest BCUT2D eigenvalue weighted by Gasteiger charge is -2.29. The predicted molar refractivity (Wildman–Crippen MR) is 106 cm³/mol. The van der Waals surface area contributed by atoms with E-state index in [2.05, 4.69) is 26.0 Å². The molecule has 27 heavy (non-hydrogen) atoms. The molecule has 7 heteroatoms. The zero-order valence-corrected chi connectivity index (χ0v) is 17.0. The fourth-order valence-corrected chi connectivity index (χ4v) is 4.02. The topological polar surface area (TPSA) is 59.7 Å². The first kappa shape index (κ1) is 18.0. The number of benzene rings is 1. The average Bonchev–Trinajstić information content (AvgIpc) is 3.06. The van der Waals surface area contributed by atoms with E-state index in [9.17, 15) is 4.79 Å². The van der Waals surface area contributed by atoms with E-state index in [1.165, 1.54) is 0 Å². The summed E-state index contributed by atoms with van der Waals surface area (Å²) in [6.07, 6.45) is 3.78. The molecule has 3 heterocycles. The molecule has 0 atom stereocenters. The van der Waals surface area contributed by atoms with Gasteiger partial charge in [-0.05, 0) is 37.1 Å². The smallest absolute Gasteiger partial charge is 0.223 e. The SMILES string of the molecule is COc1ccc(Br)cc1CCC(=O)N1CCc2c(cnc3cc(C)nn23)C1. The van der Waals surface area contributed by atoms with Gasteiger partial charge in [-0.3, -0.25) is 4.79 Å². The molecule has 1 amide bonds. The number of methoxy groups -OCH3 is 1. The minimum atomic E-state index is 0.152. The van der Waals surface area contributed by atoms with Gasteiger partial charge in [0.15, 0.2) is 5.65 Å². The Balaban J connectivity index is 1.47. The number of amides is 1. The Morgan fingerprint density at radius 2 is 2.19 bits per heavy atom. The maximum absolute atomic E-state index is 12.8. The van der Waals surface area contributed by atoms with Crippen LogP contribution in [-0.4, -0.2) is 39.1 Å². The largest absolute Gasteiger partial charge is 0.496 e. The van der Waals surface area contributed by atoms with Crippen molar-refractivity contribution in [3.05, 3.63) is 57.4 Å². The number of aryl methyl sites for hydroxylation is 2. The van der Waals surface area contributed by atoms with Gasteiger partial charge in [-0.2, -0.15) is 5.10 Å². The number of hydrogen-bond donors (Lipinski definition) is 0. The van der Waals surface area contributed by atoms with Gasteiger partial charge in [-0.1, -0.05) is 15.9 Å². The quantitative estimate of drug-likeness (QED) is 0.639. The van der Waals surface area contributed by atoms with Crippen LogP contribution in [0, 0.1) is 6.92 Å². The molecule has 6 nitrogen and oxygen atoms in total. The first-order chi connectivity index (χ1) is 13.0. The maximum Gasteiger partial charge on any atom is 0.223 e. The number of ether oxygens (including phenoxy) is 1. The maximum atomic E-state index is 12.8. The normalized spacial score (nSPS) is 13.7. The van der Waals surface area contributed by atoms with Crippen molar-refractivity contribution < 1.29 is 9.53 Å². The summed E-state index contributed by atoms with van der Waals surface area (Å²) in [6.45, 7) is 3.26. The molecule has 3 aromatic rings. The van der Waals surface area contributed by atoms with Gasteiger partial charge in [-0.25, -0.2) is 9.50 Å². The van der Waals surface area contributed by atoms with E-state index in [-0.39, 0.29) is 5.91 Å². The number of halogens is 1. The van der Waals surface area contributed by atoms with Crippen LogP contribution in [0.25, 0.3) is 5.65 Å². The summed E-state index contributed by atoms with van der Waals surface area (Å²) in [5.74, 6) is 0.968. The predicted octanol–water partition coefficient (Wildman–Crippen LogP) is 3.33. The zero-order valence-electron chi connectivity index (χ0n) is 15.4. The molecule has 0 saturated heterocycles. The minimum Gasteiger partial charge on any atom is -0.496 e. The second-order valence-corrected chi connectivity index (χ2v) is 7.72. The number of nitrogens with zero attached hydrogens (tertiary/aromatic N) is 4. The Morgan fingerprint density at radius 3 is 3.00 bits per heavy atom. The van der Waals surface area contributed by atoms with Crippen LogP contribution in [0.2, 0.25) is 0 Å². The fraction of sp³-hybridized carbons (Fsp3) is 0.350. The summed E-state index contributed by atoms with van der Waals surface area (Å²) in [5, 5.41) is 4.53. The lowest BCUT2D eigenvalue weighted by molar-refractivity contribution is -0.132. The summed E-state index contributed by atoms with van der Waals surface area (Å²) < 4.78 is 8.31. The van der Waals surface area contributed by atoms with Crippen molar-refractivity contribution in [2.24, 2.45) is 0 Å². The number of hydrogen-bond acceptors (Lipinski definition) is 4. The van der Waals surface area contributed by atoms with E-state index < -0.39 is 0 Å². The molecule has 1 aromatic carbocycles. The summed E-state index contributed by atoms with van der Waals surface area (Å²) in [6, 6.07) is 7.85. The molecular weight excluding hydrogens is 408 g/mol. The molecule has 4 rings (SSSR count). The van der Waals surface area contributed by atoms with Crippen molar-refractivity contribution >= 4 is 27.5 Å². The van der Waals surface area contributed by atoms with Gasteiger partial charge < -0.3 is 9.64 Å². The Kier molecular flexibility index (Phi) is 4.86. The van der Waals surface area contributed by atoms with Crippen LogP contribution < -0.4 is 4.74 Å². The van der Waals surface area contributed by atoms with Gasteiger partial charge in [0.1, 0.15) is 5.75 Å². The highest BCUT2D eigenvalue weighted by Gasteiger charge is 2.23. The molecule has 0 bridgehead atoms.